The topological polar surface area (TPSA) is 38.3 Å². The molecule has 138 valence electrons. The van der Waals surface area contributed by atoms with Crippen LogP contribution in [-0.4, -0.2) is 31.4 Å². The first kappa shape index (κ1) is 19.3. The zero-order valence-corrected chi connectivity index (χ0v) is 16.3. The van der Waals surface area contributed by atoms with Crippen LogP contribution in [0.25, 0.3) is 0 Å². The van der Waals surface area contributed by atoms with Gasteiger partial charge in [0, 0.05) is 35.9 Å². The summed E-state index contributed by atoms with van der Waals surface area (Å²) in [4.78, 5) is 12.3. The second-order valence-corrected chi connectivity index (χ2v) is 8.08. The zero-order chi connectivity index (χ0) is 18.2. The van der Waals surface area contributed by atoms with Crippen LogP contribution in [0.2, 0.25) is 5.02 Å². The fraction of sp³-hybridized carbons (Fsp3) is 0.381. The lowest BCUT2D eigenvalue weighted by molar-refractivity contribution is -0.119. The van der Waals surface area contributed by atoms with Crippen molar-refractivity contribution in [3.63, 3.8) is 0 Å². The lowest BCUT2D eigenvalue weighted by Crippen LogP contribution is -2.45. The minimum absolute atomic E-state index is 0.0210. The molecule has 0 radical (unpaired) electrons. The Morgan fingerprint density at radius 1 is 1.12 bits per heavy atom. The Bertz CT molecular complexity index is 717. The highest BCUT2D eigenvalue weighted by Crippen LogP contribution is 2.34. The van der Waals surface area contributed by atoms with E-state index < -0.39 is 0 Å². The highest BCUT2D eigenvalue weighted by atomic mass is 35.5. The van der Waals surface area contributed by atoms with Crippen LogP contribution in [-0.2, 0) is 20.7 Å². The number of thioether (sulfide) groups is 1. The normalized spacial score (nSPS) is 16.2. The van der Waals surface area contributed by atoms with Crippen molar-refractivity contribution in [2.75, 3.05) is 25.5 Å². The summed E-state index contributed by atoms with van der Waals surface area (Å²) in [6, 6.07) is 18.2. The molecule has 1 fully saturated rings. The Hall–Kier alpha value is -1.49. The van der Waals surface area contributed by atoms with Gasteiger partial charge in [-0.15, -0.1) is 11.8 Å². The maximum Gasteiger partial charge on any atom is 0.230 e. The third kappa shape index (κ3) is 5.26. The lowest BCUT2D eigenvalue weighted by atomic mass is 9.74. The molecular formula is C21H24ClNO2S. The minimum atomic E-state index is -0.0210. The van der Waals surface area contributed by atoms with E-state index in [1.807, 2.05) is 30.3 Å². The van der Waals surface area contributed by atoms with Crippen molar-refractivity contribution in [3.8, 4) is 0 Å². The molecule has 3 rings (SSSR count). The average Bonchev–Trinajstić information content (AvgIpc) is 2.68. The van der Waals surface area contributed by atoms with Crippen LogP contribution in [0.5, 0.6) is 0 Å². The zero-order valence-electron chi connectivity index (χ0n) is 14.7. The summed E-state index contributed by atoms with van der Waals surface area (Å²) in [5.74, 6) is 1.32. The molecule has 2 aromatic rings. The number of halogens is 1. The summed E-state index contributed by atoms with van der Waals surface area (Å²) < 4.78 is 5.55. The van der Waals surface area contributed by atoms with Gasteiger partial charge in [-0.25, -0.2) is 0 Å². The molecule has 1 heterocycles. The van der Waals surface area contributed by atoms with Gasteiger partial charge in [-0.05, 0) is 36.1 Å². The summed E-state index contributed by atoms with van der Waals surface area (Å²) in [5, 5.41) is 3.88. The summed E-state index contributed by atoms with van der Waals surface area (Å²) in [7, 11) is 0. The number of benzene rings is 2. The SMILES string of the molecule is O=C(CSCc1cccc(Cl)c1)NCC1(c2ccccc2)CCOCC1. The van der Waals surface area contributed by atoms with E-state index in [9.17, 15) is 4.79 Å². The van der Waals surface area contributed by atoms with E-state index in [0.29, 0.717) is 12.3 Å². The van der Waals surface area contributed by atoms with Gasteiger partial charge in [0.1, 0.15) is 0 Å². The molecule has 1 amide bonds. The van der Waals surface area contributed by atoms with Crippen LogP contribution in [0.3, 0.4) is 0 Å². The fourth-order valence-electron chi connectivity index (χ4n) is 3.33. The smallest absolute Gasteiger partial charge is 0.230 e. The Balaban J connectivity index is 1.51. The molecule has 0 atom stereocenters. The van der Waals surface area contributed by atoms with Gasteiger partial charge in [0.15, 0.2) is 0 Å². The summed E-state index contributed by atoms with van der Waals surface area (Å²) in [6.07, 6.45) is 1.87. The van der Waals surface area contributed by atoms with E-state index in [1.165, 1.54) is 5.56 Å². The van der Waals surface area contributed by atoms with E-state index in [-0.39, 0.29) is 11.3 Å². The van der Waals surface area contributed by atoms with E-state index in [0.717, 1.165) is 42.4 Å². The number of hydrogen-bond acceptors (Lipinski definition) is 3. The van der Waals surface area contributed by atoms with Gasteiger partial charge in [0.05, 0.1) is 5.75 Å². The van der Waals surface area contributed by atoms with Crippen molar-refractivity contribution in [1.82, 2.24) is 5.32 Å². The molecule has 0 saturated carbocycles. The largest absolute Gasteiger partial charge is 0.381 e. The molecule has 3 nitrogen and oxygen atoms in total. The van der Waals surface area contributed by atoms with Crippen molar-refractivity contribution < 1.29 is 9.53 Å². The number of carbonyl (C=O) groups excluding carboxylic acids is 1. The van der Waals surface area contributed by atoms with Crippen LogP contribution >= 0.6 is 23.4 Å². The number of amides is 1. The predicted octanol–water partition coefficient (Wildman–Crippen LogP) is 4.44. The van der Waals surface area contributed by atoms with E-state index >= 15 is 0 Å². The average molecular weight is 390 g/mol. The van der Waals surface area contributed by atoms with Crippen molar-refractivity contribution in [3.05, 3.63) is 70.7 Å². The van der Waals surface area contributed by atoms with E-state index in [1.54, 1.807) is 11.8 Å². The molecule has 0 aliphatic carbocycles. The molecule has 2 aromatic carbocycles. The quantitative estimate of drug-likeness (QED) is 0.760. The molecule has 1 aliphatic rings. The third-order valence-corrected chi connectivity index (χ3v) is 6.09. The van der Waals surface area contributed by atoms with Crippen molar-refractivity contribution >= 4 is 29.3 Å². The van der Waals surface area contributed by atoms with Crippen LogP contribution in [0.15, 0.2) is 54.6 Å². The molecule has 0 bridgehead atoms. The maximum atomic E-state index is 12.3. The number of nitrogens with one attached hydrogen (secondary N) is 1. The van der Waals surface area contributed by atoms with Crippen LogP contribution < -0.4 is 5.32 Å². The summed E-state index contributed by atoms with van der Waals surface area (Å²) in [6.45, 7) is 2.15. The van der Waals surface area contributed by atoms with E-state index in [4.69, 9.17) is 16.3 Å². The lowest BCUT2D eigenvalue weighted by Gasteiger charge is -2.38. The van der Waals surface area contributed by atoms with Gasteiger partial charge in [-0.3, -0.25) is 4.79 Å². The molecule has 0 aromatic heterocycles. The molecular weight excluding hydrogens is 366 g/mol. The Kier molecular flexibility index (Phi) is 7.00. The number of hydrogen-bond donors (Lipinski definition) is 1. The van der Waals surface area contributed by atoms with Gasteiger partial charge in [-0.1, -0.05) is 54.1 Å². The Labute approximate surface area is 164 Å². The maximum absolute atomic E-state index is 12.3. The van der Waals surface area contributed by atoms with Gasteiger partial charge in [0.25, 0.3) is 0 Å². The Morgan fingerprint density at radius 2 is 1.88 bits per heavy atom. The summed E-state index contributed by atoms with van der Waals surface area (Å²) >= 11 is 7.61. The molecule has 0 spiro atoms. The highest BCUT2D eigenvalue weighted by molar-refractivity contribution is 7.99. The highest BCUT2D eigenvalue weighted by Gasteiger charge is 2.34. The molecule has 1 saturated heterocycles. The monoisotopic (exact) mass is 389 g/mol. The van der Waals surface area contributed by atoms with Gasteiger partial charge in [0.2, 0.25) is 5.91 Å². The molecule has 0 unspecified atom stereocenters. The van der Waals surface area contributed by atoms with Crippen molar-refractivity contribution in [1.29, 1.82) is 0 Å². The van der Waals surface area contributed by atoms with E-state index in [2.05, 4.69) is 29.6 Å². The number of ether oxygens (including phenoxy) is 1. The number of rotatable bonds is 7. The Morgan fingerprint density at radius 3 is 2.62 bits per heavy atom. The van der Waals surface area contributed by atoms with Crippen LogP contribution in [0.4, 0.5) is 0 Å². The standard InChI is InChI=1S/C21H24ClNO2S/c22-19-8-4-5-17(13-19)14-26-15-20(24)23-16-21(9-11-25-12-10-21)18-6-2-1-3-7-18/h1-8,13H,9-12,14-16H2,(H,23,24). The second kappa shape index (κ2) is 9.45. The molecule has 5 heteroatoms. The summed E-state index contributed by atoms with van der Waals surface area (Å²) in [5.41, 5.74) is 2.41. The second-order valence-electron chi connectivity index (χ2n) is 6.66. The minimum Gasteiger partial charge on any atom is -0.381 e. The van der Waals surface area contributed by atoms with Gasteiger partial charge < -0.3 is 10.1 Å². The first-order valence-electron chi connectivity index (χ1n) is 8.90. The predicted molar refractivity (Wildman–Crippen MR) is 109 cm³/mol. The molecule has 1 N–H and O–H groups in total. The van der Waals surface area contributed by atoms with Crippen LogP contribution in [0, 0.1) is 0 Å². The number of carbonyl (C=O) groups is 1. The van der Waals surface area contributed by atoms with Gasteiger partial charge in [-0.2, -0.15) is 0 Å². The van der Waals surface area contributed by atoms with Gasteiger partial charge >= 0.3 is 0 Å². The molecule has 26 heavy (non-hydrogen) atoms. The van der Waals surface area contributed by atoms with Crippen molar-refractivity contribution in [2.24, 2.45) is 0 Å². The fourth-order valence-corrected chi connectivity index (χ4v) is 4.35. The van der Waals surface area contributed by atoms with Crippen LogP contribution in [0.1, 0.15) is 24.0 Å². The third-order valence-electron chi connectivity index (χ3n) is 4.85. The first-order chi connectivity index (χ1) is 12.7. The first-order valence-corrected chi connectivity index (χ1v) is 10.4. The molecule has 1 aliphatic heterocycles. The van der Waals surface area contributed by atoms with Crippen molar-refractivity contribution in [2.45, 2.75) is 24.0 Å².